The Kier molecular flexibility index (Phi) is 9.50. The number of nitrogens with two attached hydrogens (primary N) is 1. The zero-order valence-corrected chi connectivity index (χ0v) is 31.5. The molecule has 3 saturated carbocycles. The highest BCUT2D eigenvalue weighted by atomic mass is 19.1. The summed E-state index contributed by atoms with van der Waals surface area (Å²) in [6.07, 6.45) is 5.74. The molecule has 1 saturated heterocycles. The van der Waals surface area contributed by atoms with Crippen LogP contribution in [0.3, 0.4) is 0 Å². The monoisotopic (exact) mass is 767 g/mol. The Morgan fingerprint density at radius 3 is 2.61 bits per heavy atom. The molecule has 4 N–H and O–H groups in total. The summed E-state index contributed by atoms with van der Waals surface area (Å²) >= 11 is 0. The van der Waals surface area contributed by atoms with Gasteiger partial charge in [-0.25, -0.2) is 9.18 Å². The van der Waals surface area contributed by atoms with Crippen LogP contribution >= 0.6 is 0 Å². The van der Waals surface area contributed by atoms with E-state index in [4.69, 9.17) is 24.7 Å². The molecule has 4 aliphatic carbocycles. The first-order chi connectivity index (χ1) is 26.7. The van der Waals surface area contributed by atoms with Gasteiger partial charge in [0.25, 0.3) is 0 Å². The Balaban J connectivity index is 0.899. The van der Waals surface area contributed by atoms with E-state index in [1.165, 1.54) is 12.2 Å². The fraction of sp³-hybridized carbons (Fsp3) is 0.465. The maximum atomic E-state index is 17.5. The molecule has 1 aromatic heterocycles. The molecule has 2 heterocycles. The number of benzene rings is 2. The lowest BCUT2D eigenvalue weighted by Gasteiger charge is -2.59. The second-order valence-electron chi connectivity index (χ2n) is 16.4. The summed E-state index contributed by atoms with van der Waals surface area (Å²) in [5.74, 6) is -4.38. The standard InChI is InChI=1S/C43H46FN3O9/c1-40(2)55-37-18-31-33-11-9-28-17-30(48)12-14-41(28,3)43(33,44)35(49)19-34(31)42(37,56-40)36(50)23-54-39(52)53-22-24-4-6-25(7-5-24)32(20-45)38(51)47-29-10-8-27-21-46-15-13-26(27)16-29/h4-8,10,12-17,21,31-35,37,49H,9,11,18-20,22-23,45H2,1-3H3,(H,47,51)/t31-,32+,33-,34?,35-,37+,41-,42+,43-/m0/s1. The van der Waals surface area contributed by atoms with Gasteiger partial charge in [0.2, 0.25) is 11.7 Å². The summed E-state index contributed by atoms with van der Waals surface area (Å²) in [4.78, 5) is 56.5. The molecule has 294 valence electrons. The van der Waals surface area contributed by atoms with Crippen LogP contribution in [-0.4, -0.2) is 76.1 Å². The van der Waals surface area contributed by atoms with Gasteiger partial charge in [-0.2, -0.15) is 0 Å². The number of nitrogens with zero attached hydrogens (tertiary/aromatic N) is 1. The highest BCUT2D eigenvalue weighted by Gasteiger charge is 2.75. The number of hydrogen-bond donors (Lipinski definition) is 3. The van der Waals surface area contributed by atoms with Crippen molar-refractivity contribution in [3.8, 4) is 0 Å². The molecule has 4 fully saturated rings. The molecule has 8 rings (SSSR count). The minimum atomic E-state index is -2.07. The number of ether oxygens (including phenoxy) is 4. The molecule has 9 atom stereocenters. The van der Waals surface area contributed by atoms with Crippen molar-refractivity contribution < 1.29 is 47.6 Å². The molecular weight excluding hydrogens is 721 g/mol. The first kappa shape index (κ1) is 38.1. The predicted molar refractivity (Wildman–Crippen MR) is 202 cm³/mol. The largest absolute Gasteiger partial charge is 0.509 e. The van der Waals surface area contributed by atoms with E-state index in [1.54, 1.807) is 69.6 Å². The molecule has 1 unspecified atom stereocenters. The van der Waals surface area contributed by atoms with Crippen LogP contribution in [0.2, 0.25) is 0 Å². The molecule has 3 aromatic rings. The zero-order chi connectivity index (χ0) is 39.6. The average Bonchev–Trinajstić information content (AvgIpc) is 3.62. The Morgan fingerprint density at radius 1 is 1.05 bits per heavy atom. The van der Waals surface area contributed by atoms with Crippen molar-refractivity contribution >= 4 is 40.1 Å². The number of aliphatic hydroxyl groups excluding tert-OH is 1. The number of ketones is 2. The zero-order valence-electron chi connectivity index (χ0n) is 31.5. The number of rotatable bonds is 9. The lowest BCUT2D eigenvalue weighted by atomic mass is 9.48. The molecule has 1 aliphatic heterocycles. The normalized spacial score (nSPS) is 33.0. The van der Waals surface area contributed by atoms with Gasteiger partial charge in [-0.15, -0.1) is 0 Å². The van der Waals surface area contributed by atoms with Gasteiger partial charge in [0, 0.05) is 47.3 Å². The maximum absolute atomic E-state index is 17.5. The molecule has 0 spiro atoms. The number of aromatic nitrogens is 1. The van der Waals surface area contributed by atoms with Crippen LogP contribution in [0.15, 0.2) is 84.7 Å². The van der Waals surface area contributed by atoms with Crippen molar-refractivity contribution in [2.45, 2.75) is 88.2 Å². The Hall–Kier alpha value is -4.82. The molecule has 56 heavy (non-hydrogen) atoms. The number of hydrogen-bond acceptors (Lipinski definition) is 11. The number of fused-ring (bicyclic) bond motifs is 8. The maximum Gasteiger partial charge on any atom is 0.509 e. The number of nitrogens with one attached hydrogen (secondary N) is 1. The number of carbonyl (C=O) groups excluding carboxylic acids is 4. The van der Waals surface area contributed by atoms with Gasteiger partial charge in [0.05, 0.1) is 18.1 Å². The van der Waals surface area contributed by atoms with Crippen LogP contribution in [-0.2, 0) is 39.9 Å². The van der Waals surface area contributed by atoms with Crippen molar-refractivity contribution in [3.05, 3.63) is 95.9 Å². The SMILES string of the molecule is CC1(C)O[C@@H]2C[C@@H]3C(C[C@H](O)[C@@]4(F)[C@H]3CCC3=CC(=O)C=C[C@@]34C)[C@]2(C(=O)COC(=O)OCc2ccc([C@@H](CN)C(=O)Nc3ccc4cnccc4c3)cc2)O1. The lowest BCUT2D eigenvalue weighted by molar-refractivity contribution is -0.221. The third kappa shape index (κ3) is 6.16. The Morgan fingerprint density at radius 2 is 1.84 bits per heavy atom. The van der Waals surface area contributed by atoms with Crippen molar-refractivity contribution in [2.75, 3.05) is 18.5 Å². The number of aliphatic hydroxyl groups is 1. The van der Waals surface area contributed by atoms with Crippen LogP contribution < -0.4 is 11.1 Å². The minimum Gasteiger partial charge on any atom is -0.429 e. The average molecular weight is 768 g/mol. The van der Waals surface area contributed by atoms with E-state index < -0.39 is 71.0 Å². The van der Waals surface area contributed by atoms with E-state index in [9.17, 15) is 24.3 Å². The summed E-state index contributed by atoms with van der Waals surface area (Å²) in [5, 5.41) is 16.5. The van der Waals surface area contributed by atoms with E-state index in [-0.39, 0.29) is 37.2 Å². The van der Waals surface area contributed by atoms with Crippen LogP contribution in [0.5, 0.6) is 0 Å². The van der Waals surface area contributed by atoms with Crippen LogP contribution in [0, 0.1) is 23.2 Å². The molecule has 2 aromatic carbocycles. The van der Waals surface area contributed by atoms with Gasteiger partial charge >= 0.3 is 6.16 Å². The van der Waals surface area contributed by atoms with Gasteiger partial charge in [0.1, 0.15) is 6.61 Å². The van der Waals surface area contributed by atoms with Crippen LogP contribution in [0.25, 0.3) is 10.8 Å². The van der Waals surface area contributed by atoms with Gasteiger partial charge in [0.15, 0.2) is 29.4 Å². The fourth-order valence-electron chi connectivity index (χ4n) is 10.4. The second kappa shape index (κ2) is 14.0. The molecular formula is C43H46FN3O9. The third-order valence-electron chi connectivity index (χ3n) is 12.9. The fourth-order valence-corrected chi connectivity index (χ4v) is 10.4. The van der Waals surface area contributed by atoms with E-state index in [0.29, 0.717) is 41.6 Å². The number of pyridine rings is 1. The molecule has 0 bridgehead atoms. The quantitative estimate of drug-likeness (QED) is 0.231. The molecule has 5 aliphatic rings. The number of amides is 1. The Bertz CT molecular complexity index is 2150. The minimum absolute atomic E-state index is 0.0703. The summed E-state index contributed by atoms with van der Waals surface area (Å²) in [6.45, 7) is 4.37. The van der Waals surface area contributed by atoms with Crippen molar-refractivity contribution in [1.29, 1.82) is 0 Å². The summed E-state index contributed by atoms with van der Waals surface area (Å²) in [6, 6.07) is 14.3. The van der Waals surface area contributed by atoms with Gasteiger partial charge in [-0.1, -0.05) is 42.0 Å². The molecule has 13 heteroatoms. The van der Waals surface area contributed by atoms with E-state index >= 15 is 4.39 Å². The van der Waals surface area contributed by atoms with Gasteiger partial charge in [-0.3, -0.25) is 19.4 Å². The van der Waals surface area contributed by atoms with E-state index in [1.807, 2.05) is 18.2 Å². The van der Waals surface area contributed by atoms with Crippen LogP contribution in [0.4, 0.5) is 14.9 Å². The molecule has 1 amide bonds. The number of Topliss-reactive ketones (excluding diaryl/α,β-unsaturated/α-hetero) is 1. The highest BCUT2D eigenvalue weighted by Crippen LogP contribution is 2.68. The summed E-state index contributed by atoms with van der Waals surface area (Å²) < 4.78 is 40.9. The van der Waals surface area contributed by atoms with E-state index in [0.717, 1.165) is 10.8 Å². The van der Waals surface area contributed by atoms with Crippen molar-refractivity contribution in [2.24, 2.45) is 28.9 Å². The van der Waals surface area contributed by atoms with Gasteiger partial charge in [-0.05, 0) is 99.2 Å². The number of allylic oxidation sites excluding steroid dienone is 4. The second-order valence-corrected chi connectivity index (χ2v) is 16.4. The number of halogens is 1. The third-order valence-corrected chi connectivity index (χ3v) is 12.9. The van der Waals surface area contributed by atoms with E-state index in [2.05, 4.69) is 10.3 Å². The van der Waals surface area contributed by atoms with Crippen molar-refractivity contribution in [1.82, 2.24) is 4.98 Å². The smallest absolute Gasteiger partial charge is 0.429 e. The van der Waals surface area contributed by atoms with Gasteiger partial charge < -0.3 is 35.1 Å². The lowest BCUT2D eigenvalue weighted by Crippen LogP contribution is -2.66. The first-order valence-corrected chi connectivity index (χ1v) is 19.1. The first-order valence-electron chi connectivity index (χ1n) is 19.1. The summed E-state index contributed by atoms with van der Waals surface area (Å²) in [7, 11) is 0. The number of anilines is 1. The molecule has 0 radical (unpaired) electrons. The predicted octanol–water partition coefficient (Wildman–Crippen LogP) is 5.62. The van der Waals surface area contributed by atoms with Crippen LogP contribution in [0.1, 0.15) is 63.5 Å². The topological polar surface area (TPSA) is 176 Å². The highest BCUT2D eigenvalue weighted by molar-refractivity contribution is 6.01. The molecule has 12 nitrogen and oxygen atoms in total. The van der Waals surface area contributed by atoms with Crippen molar-refractivity contribution in [3.63, 3.8) is 0 Å². The number of carbonyl (C=O) groups is 4. The number of alkyl halides is 1. The summed E-state index contributed by atoms with van der Waals surface area (Å²) in [5.41, 5.74) is 3.79. The Labute approximate surface area is 323 Å².